The molecule has 0 unspecified atom stereocenters. The van der Waals surface area contributed by atoms with Crippen molar-refractivity contribution in [2.24, 2.45) is 0 Å². The van der Waals surface area contributed by atoms with Crippen LogP contribution < -0.4 is 10.9 Å². The van der Waals surface area contributed by atoms with Gasteiger partial charge in [-0.25, -0.2) is 8.91 Å². The number of rotatable bonds is 6. The first-order chi connectivity index (χ1) is 17.2. The third-order valence-electron chi connectivity index (χ3n) is 7.09. The average Bonchev–Trinajstić information content (AvgIpc) is 3.19. The third-order valence-corrected chi connectivity index (χ3v) is 7.09. The smallest absolute Gasteiger partial charge is 0.274 e. The molecule has 0 spiro atoms. The number of carbonyl (C=O) groups excluding carboxylic acids is 1. The molecule has 3 heterocycles. The van der Waals surface area contributed by atoms with Crippen LogP contribution in [0.2, 0.25) is 0 Å². The molecular weight excluding hydrogens is 457 g/mol. The minimum atomic E-state index is -0.643. The normalized spacial score (nSPS) is 15.1. The van der Waals surface area contributed by atoms with Gasteiger partial charge in [-0.3, -0.25) is 9.59 Å². The number of aromatic amines is 1. The molecule has 2 aromatic carbocycles. The lowest BCUT2D eigenvalue weighted by Gasteiger charge is -2.49. The number of likely N-dealkylation sites (tertiary alicyclic amines) is 1. The molecule has 0 atom stereocenters. The number of nitrogens with zero attached hydrogens (tertiary/aromatic N) is 3. The summed E-state index contributed by atoms with van der Waals surface area (Å²) in [6.45, 7) is 7.26. The van der Waals surface area contributed by atoms with Crippen LogP contribution in [0.15, 0.2) is 53.5 Å². The molecule has 1 saturated heterocycles. The highest BCUT2D eigenvalue weighted by Crippen LogP contribution is 2.32. The first-order valence-corrected chi connectivity index (χ1v) is 12.2. The van der Waals surface area contributed by atoms with E-state index in [0.29, 0.717) is 36.3 Å². The molecule has 186 valence electrons. The van der Waals surface area contributed by atoms with Crippen LogP contribution >= 0.6 is 0 Å². The van der Waals surface area contributed by atoms with Gasteiger partial charge in [0.25, 0.3) is 11.5 Å². The number of fused-ring (bicyclic) bond motifs is 1. The number of halogens is 1. The van der Waals surface area contributed by atoms with E-state index in [9.17, 15) is 14.0 Å². The van der Waals surface area contributed by atoms with Crippen LogP contribution in [-0.4, -0.2) is 45.5 Å². The molecule has 0 radical (unpaired) electrons. The number of hydrogen-bond acceptors (Lipinski definition) is 4. The SMILES string of the molecule is CCCc1c(C(=O)NC2(c3ccc(F)cc3)CN(C)C2)nn2cc(-c3ccc(C)c(C)c3)[nH]c(=O)c12. The fraction of sp³-hybridized carbons (Fsp3) is 0.321. The summed E-state index contributed by atoms with van der Waals surface area (Å²) in [5.41, 5.74) is 4.98. The molecule has 7 nitrogen and oxygen atoms in total. The molecule has 4 aromatic rings. The highest BCUT2D eigenvalue weighted by atomic mass is 19.1. The number of hydrogen-bond donors (Lipinski definition) is 2. The van der Waals surface area contributed by atoms with Gasteiger partial charge in [0.2, 0.25) is 0 Å². The van der Waals surface area contributed by atoms with Gasteiger partial charge in [0.05, 0.1) is 17.4 Å². The molecule has 1 fully saturated rings. The van der Waals surface area contributed by atoms with Gasteiger partial charge in [0.1, 0.15) is 11.3 Å². The molecular formula is C28H30FN5O2. The Morgan fingerprint density at radius 1 is 1.14 bits per heavy atom. The van der Waals surface area contributed by atoms with Gasteiger partial charge in [-0.2, -0.15) is 5.10 Å². The van der Waals surface area contributed by atoms with Gasteiger partial charge in [-0.15, -0.1) is 0 Å². The Kier molecular flexibility index (Phi) is 6.00. The van der Waals surface area contributed by atoms with Gasteiger partial charge in [-0.1, -0.05) is 37.6 Å². The topological polar surface area (TPSA) is 82.5 Å². The summed E-state index contributed by atoms with van der Waals surface area (Å²) in [7, 11) is 1.97. The van der Waals surface area contributed by atoms with E-state index in [4.69, 9.17) is 0 Å². The van der Waals surface area contributed by atoms with Gasteiger partial charge in [0.15, 0.2) is 5.69 Å². The number of benzene rings is 2. The van der Waals surface area contributed by atoms with Gasteiger partial charge in [0, 0.05) is 18.7 Å². The molecule has 36 heavy (non-hydrogen) atoms. The van der Waals surface area contributed by atoms with Gasteiger partial charge >= 0.3 is 0 Å². The lowest BCUT2D eigenvalue weighted by molar-refractivity contribution is 0.0507. The van der Waals surface area contributed by atoms with E-state index in [1.807, 2.05) is 46.0 Å². The van der Waals surface area contributed by atoms with Crippen molar-refractivity contribution in [3.05, 3.63) is 92.8 Å². The summed E-state index contributed by atoms with van der Waals surface area (Å²) in [4.78, 5) is 31.9. The van der Waals surface area contributed by atoms with Crippen molar-refractivity contribution < 1.29 is 9.18 Å². The molecule has 1 aliphatic heterocycles. The number of carbonyl (C=O) groups is 1. The Hall–Kier alpha value is -3.78. The first-order valence-electron chi connectivity index (χ1n) is 12.2. The maximum atomic E-state index is 13.6. The van der Waals surface area contributed by atoms with Crippen LogP contribution in [0.3, 0.4) is 0 Å². The Balaban J connectivity index is 1.56. The molecule has 5 rings (SSSR count). The summed E-state index contributed by atoms with van der Waals surface area (Å²) in [6.07, 6.45) is 3.07. The van der Waals surface area contributed by atoms with E-state index in [0.717, 1.165) is 23.1 Å². The summed E-state index contributed by atoms with van der Waals surface area (Å²) in [5, 5.41) is 7.76. The zero-order valence-electron chi connectivity index (χ0n) is 21.0. The second kappa shape index (κ2) is 9.02. The predicted octanol–water partition coefficient (Wildman–Crippen LogP) is 3.97. The molecule has 1 aliphatic rings. The number of H-pyrrole nitrogens is 1. The molecule has 0 bridgehead atoms. The van der Waals surface area contributed by atoms with Crippen molar-refractivity contribution in [1.29, 1.82) is 0 Å². The number of amides is 1. The van der Waals surface area contributed by atoms with Crippen LogP contribution in [0, 0.1) is 19.7 Å². The third kappa shape index (κ3) is 4.11. The summed E-state index contributed by atoms with van der Waals surface area (Å²) >= 11 is 0. The summed E-state index contributed by atoms with van der Waals surface area (Å²) in [5.74, 6) is -0.663. The second-order valence-corrected chi connectivity index (χ2v) is 9.88. The van der Waals surface area contributed by atoms with Crippen LogP contribution in [0.4, 0.5) is 4.39 Å². The number of aryl methyl sites for hydroxylation is 3. The molecule has 0 aliphatic carbocycles. The first kappa shape index (κ1) is 23.9. The Labute approximate surface area is 209 Å². The number of likely N-dealkylation sites (N-methyl/N-ethyl adjacent to an activating group) is 1. The molecule has 2 aromatic heterocycles. The van der Waals surface area contributed by atoms with Crippen LogP contribution in [0.5, 0.6) is 0 Å². The Morgan fingerprint density at radius 2 is 1.86 bits per heavy atom. The summed E-state index contributed by atoms with van der Waals surface area (Å²) in [6, 6.07) is 12.2. The maximum Gasteiger partial charge on any atom is 0.274 e. The highest BCUT2D eigenvalue weighted by molar-refractivity contribution is 5.96. The molecule has 1 amide bonds. The van der Waals surface area contributed by atoms with Crippen molar-refractivity contribution in [3.8, 4) is 11.3 Å². The van der Waals surface area contributed by atoms with E-state index in [1.54, 1.807) is 18.3 Å². The van der Waals surface area contributed by atoms with Crippen molar-refractivity contribution >= 4 is 11.4 Å². The summed E-state index contributed by atoms with van der Waals surface area (Å²) < 4.78 is 15.1. The Morgan fingerprint density at radius 3 is 2.50 bits per heavy atom. The lowest BCUT2D eigenvalue weighted by atomic mass is 9.82. The zero-order chi connectivity index (χ0) is 25.6. The minimum absolute atomic E-state index is 0.246. The second-order valence-electron chi connectivity index (χ2n) is 9.88. The van der Waals surface area contributed by atoms with Gasteiger partial charge < -0.3 is 15.2 Å². The Bertz CT molecular complexity index is 1510. The van der Waals surface area contributed by atoms with Gasteiger partial charge in [-0.05, 0) is 67.8 Å². The predicted molar refractivity (Wildman–Crippen MR) is 138 cm³/mol. The van der Waals surface area contributed by atoms with E-state index in [2.05, 4.69) is 20.3 Å². The fourth-order valence-electron chi connectivity index (χ4n) is 5.12. The standard InChI is InChI=1S/C28H30FN5O2/c1-5-6-22-24(26(35)31-28(15-33(4)16-28)20-9-11-21(29)12-10-20)32-34-14-23(30-27(36)25(22)34)19-8-7-17(2)18(3)13-19/h7-14H,5-6,15-16H2,1-4H3,(H,30,36)(H,31,35). The van der Waals surface area contributed by atoms with Crippen molar-refractivity contribution in [1.82, 2.24) is 24.8 Å². The van der Waals surface area contributed by atoms with Crippen molar-refractivity contribution in [2.45, 2.75) is 39.2 Å². The molecule has 0 saturated carbocycles. The average molecular weight is 488 g/mol. The van der Waals surface area contributed by atoms with Crippen molar-refractivity contribution in [2.75, 3.05) is 20.1 Å². The largest absolute Gasteiger partial charge is 0.338 e. The fourth-order valence-corrected chi connectivity index (χ4v) is 5.12. The van der Waals surface area contributed by atoms with E-state index >= 15 is 0 Å². The minimum Gasteiger partial charge on any atom is -0.338 e. The van der Waals surface area contributed by atoms with Crippen molar-refractivity contribution in [3.63, 3.8) is 0 Å². The number of aromatic nitrogens is 3. The zero-order valence-corrected chi connectivity index (χ0v) is 21.0. The quantitative estimate of drug-likeness (QED) is 0.431. The van der Waals surface area contributed by atoms with E-state index in [-0.39, 0.29) is 23.0 Å². The van der Waals surface area contributed by atoms with E-state index < -0.39 is 5.54 Å². The number of nitrogens with one attached hydrogen (secondary N) is 2. The maximum absolute atomic E-state index is 13.6. The lowest BCUT2D eigenvalue weighted by Crippen LogP contribution is -2.66. The monoisotopic (exact) mass is 487 g/mol. The molecule has 8 heteroatoms. The highest BCUT2D eigenvalue weighted by Gasteiger charge is 2.44. The van der Waals surface area contributed by atoms with Crippen LogP contribution in [0.1, 0.15) is 46.1 Å². The van der Waals surface area contributed by atoms with E-state index in [1.165, 1.54) is 22.2 Å². The molecule has 2 N–H and O–H groups in total. The van der Waals surface area contributed by atoms with Crippen LogP contribution in [-0.2, 0) is 12.0 Å². The van der Waals surface area contributed by atoms with Crippen LogP contribution in [0.25, 0.3) is 16.8 Å².